The minimum Gasteiger partial charge on any atom is -0.503 e. The quantitative estimate of drug-likeness (QED) is 0.596. The van der Waals surface area contributed by atoms with Crippen LogP contribution < -0.4 is 10.7 Å². The minimum absolute atomic E-state index is 0.254. The summed E-state index contributed by atoms with van der Waals surface area (Å²) in [6.07, 6.45) is -3.12. The zero-order chi connectivity index (χ0) is 20.3. The number of aromatic nitrogens is 1. The molecule has 0 spiro atoms. The average Bonchev–Trinajstić information content (AvgIpc) is 2.65. The van der Waals surface area contributed by atoms with Gasteiger partial charge in [-0.2, -0.15) is 13.2 Å². The molecule has 28 heavy (non-hydrogen) atoms. The van der Waals surface area contributed by atoms with E-state index in [2.05, 4.69) is 10.3 Å². The molecule has 0 atom stereocenters. The molecule has 3 N–H and O–H groups in total. The van der Waals surface area contributed by atoms with Crippen LogP contribution in [0.4, 0.5) is 18.9 Å². The fourth-order valence-corrected chi connectivity index (χ4v) is 3.11. The maximum absolute atomic E-state index is 12.6. The summed E-state index contributed by atoms with van der Waals surface area (Å²) in [5.41, 5.74) is -1.22. The van der Waals surface area contributed by atoms with Crippen molar-refractivity contribution in [2.45, 2.75) is 16.0 Å². The molecule has 0 unspecified atom stereocenters. The molecule has 0 saturated carbocycles. The number of aromatic hydroxyl groups is 1. The van der Waals surface area contributed by atoms with Gasteiger partial charge < -0.3 is 15.4 Å². The van der Waals surface area contributed by atoms with Gasteiger partial charge in [-0.15, -0.1) is 0 Å². The highest BCUT2D eigenvalue weighted by Crippen LogP contribution is 2.33. The van der Waals surface area contributed by atoms with E-state index < -0.39 is 28.8 Å². The molecule has 0 aliphatic heterocycles. The number of aromatic amines is 1. The summed E-state index contributed by atoms with van der Waals surface area (Å²) >= 11 is 1.27. The second-order valence-corrected chi connectivity index (χ2v) is 6.82. The molecule has 9 heteroatoms. The Bertz CT molecular complexity index is 1050. The lowest BCUT2D eigenvalue weighted by Crippen LogP contribution is -2.16. The topological polar surface area (TPSA) is 82.2 Å². The van der Waals surface area contributed by atoms with Gasteiger partial charge in [-0.3, -0.25) is 9.59 Å². The van der Waals surface area contributed by atoms with Gasteiger partial charge >= 0.3 is 6.18 Å². The van der Waals surface area contributed by atoms with Crippen molar-refractivity contribution in [3.05, 3.63) is 82.3 Å². The van der Waals surface area contributed by atoms with E-state index in [1.165, 1.54) is 30.1 Å². The second-order valence-electron chi connectivity index (χ2n) is 5.67. The number of hydrogen-bond donors (Lipinski definition) is 3. The van der Waals surface area contributed by atoms with Crippen LogP contribution >= 0.6 is 11.8 Å². The number of alkyl halides is 3. The van der Waals surface area contributed by atoms with Crippen LogP contribution in [0.25, 0.3) is 0 Å². The van der Waals surface area contributed by atoms with Gasteiger partial charge in [0.05, 0.1) is 5.56 Å². The molecule has 0 aliphatic rings. The summed E-state index contributed by atoms with van der Waals surface area (Å²) in [6, 6.07) is 12.5. The Balaban J connectivity index is 1.67. The normalized spacial score (nSPS) is 11.2. The summed E-state index contributed by atoms with van der Waals surface area (Å²) < 4.78 is 37.8. The first kappa shape index (κ1) is 19.6. The van der Waals surface area contributed by atoms with Crippen molar-refractivity contribution in [2.75, 3.05) is 5.32 Å². The van der Waals surface area contributed by atoms with E-state index in [1.54, 1.807) is 24.3 Å². The molecule has 0 radical (unpaired) electrons. The van der Waals surface area contributed by atoms with Gasteiger partial charge in [0.1, 0.15) is 0 Å². The lowest BCUT2D eigenvalue weighted by atomic mass is 10.2. The van der Waals surface area contributed by atoms with Crippen LogP contribution in [0.2, 0.25) is 0 Å². The molecule has 3 rings (SSSR count). The summed E-state index contributed by atoms with van der Waals surface area (Å²) in [6.45, 7) is 0. The number of amides is 1. The van der Waals surface area contributed by atoms with Gasteiger partial charge in [0.25, 0.3) is 5.91 Å². The van der Waals surface area contributed by atoms with E-state index in [1.807, 2.05) is 0 Å². The van der Waals surface area contributed by atoms with E-state index in [9.17, 15) is 27.9 Å². The Morgan fingerprint density at radius 2 is 1.54 bits per heavy atom. The Morgan fingerprint density at radius 3 is 2.11 bits per heavy atom. The number of halogens is 3. The molecule has 144 valence electrons. The standard InChI is InChI=1S/C19H13F3N2O3S/c20-19(21,22)11-1-5-13(6-2-11)28-14-7-3-12(4-8-14)24-18(27)16-17(26)15(25)9-10-23-16/h1-10,26H,(H,23,25)(H,24,27). The third-order valence-corrected chi connectivity index (χ3v) is 4.70. The smallest absolute Gasteiger partial charge is 0.416 e. The van der Waals surface area contributed by atoms with Gasteiger partial charge in [0.2, 0.25) is 5.43 Å². The van der Waals surface area contributed by atoms with Crippen LogP contribution in [0.15, 0.2) is 75.4 Å². The highest BCUT2D eigenvalue weighted by atomic mass is 32.2. The SMILES string of the molecule is O=C(Nc1ccc(Sc2ccc(C(F)(F)F)cc2)cc1)c1[nH]ccc(=O)c1O. The van der Waals surface area contributed by atoms with Crippen molar-refractivity contribution in [3.8, 4) is 5.75 Å². The van der Waals surface area contributed by atoms with Gasteiger partial charge in [0.15, 0.2) is 11.4 Å². The van der Waals surface area contributed by atoms with Gasteiger partial charge in [-0.05, 0) is 48.5 Å². The first-order valence-corrected chi connectivity index (χ1v) is 8.73. The van der Waals surface area contributed by atoms with Gasteiger partial charge in [0, 0.05) is 27.7 Å². The molecule has 0 fully saturated rings. The molecule has 1 amide bonds. The highest BCUT2D eigenvalue weighted by Gasteiger charge is 2.29. The zero-order valence-corrected chi connectivity index (χ0v) is 14.9. The number of hydrogen-bond acceptors (Lipinski definition) is 4. The zero-order valence-electron chi connectivity index (χ0n) is 14.1. The maximum Gasteiger partial charge on any atom is 0.416 e. The van der Waals surface area contributed by atoms with Crippen molar-refractivity contribution < 1.29 is 23.1 Å². The van der Waals surface area contributed by atoms with Crippen LogP contribution in [-0.4, -0.2) is 16.0 Å². The van der Waals surface area contributed by atoms with Crippen molar-refractivity contribution >= 4 is 23.4 Å². The molecule has 0 bridgehead atoms. The van der Waals surface area contributed by atoms with Crippen molar-refractivity contribution in [1.82, 2.24) is 4.98 Å². The largest absolute Gasteiger partial charge is 0.503 e. The fraction of sp³-hybridized carbons (Fsp3) is 0.0526. The Labute approximate surface area is 161 Å². The fourth-order valence-electron chi connectivity index (χ4n) is 2.29. The van der Waals surface area contributed by atoms with Crippen LogP contribution in [-0.2, 0) is 6.18 Å². The minimum atomic E-state index is -4.37. The van der Waals surface area contributed by atoms with Gasteiger partial charge in [-0.1, -0.05) is 11.8 Å². The Morgan fingerprint density at radius 1 is 0.964 bits per heavy atom. The van der Waals surface area contributed by atoms with E-state index in [-0.39, 0.29) is 5.69 Å². The Hall–Kier alpha value is -3.20. The Kier molecular flexibility index (Phi) is 5.46. The van der Waals surface area contributed by atoms with Crippen LogP contribution in [0.5, 0.6) is 5.75 Å². The third kappa shape index (κ3) is 4.55. The van der Waals surface area contributed by atoms with Crippen molar-refractivity contribution in [3.63, 3.8) is 0 Å². The lowest BCUT2D eigenvalue weighted by molar-refractivity contribution is -0.137. The molecule has 3 aromatic rings. The molecule has 1 aromatic heterocycles. The van der Waals surface area contributed by atoms with Gasteiger partial charge in [-0.25, -0.2) is 0 Å². The molecular weight excluding hydrogens is 393 g/mol. The molecule has 1 heterocycles. The van der Waals surface area contributed by atoms with E-state index in [0.29, 0.717) is 10.6 Å². The maximum atomic E-state index is 12.6. The number of benzene rings is 2. The summed E-state index contributed by atoms with van der Waals surface area (Å²) in [5.74, 6) is -1.35. The first-order valence-electron chi connectivity index (χ1n) is 7.91. The van der Waals surface area contributed by atoms with Crippen LogP contribution in [0, 0.1) is 0 Å². The van der Waals surface area contributed by atoms with Crippen LogP contribution in [0.1, 0.15) is 16.1 Å². The molecule has 5 nitrogen and oxygen atoms in total. The monoisotopic (exact) mass is 406 g/mol. The molecule has 0 saturated heterocycles. The van der Waals surface area contributed by atoms with E-state index in [4.69, 9.17) is 0 Å². The summed E-state index contributed by atoms with van der Waals surface area (Å²) in [7, 11) is 0. The van der Waals surface area contributed by atoms with Crippen LogP contribution in [0.3, 0.4) is 0 Å². The van der Waals surface area contributed by atoms with Crippen molar-refractivity contribution in [1.29, 1.82) is 0 Å². The first-order chi connectivity index (χ1) is 13.2. The average molecular weight is 406 g/mol. The number of carbonyl (C=O) groups is 1. The number of anilines is 1. The predicted molar refractivity (Wildman–Crippen MR) is 98.7 cm³/mol. The third-order valence-electron chi connectivity index (χ3n) is 3.69. The summed E-state index contributed by atoms with van der Waals surface area (Å²) in [5, 5.41) is 12.2. The number of carbonyl (C=O) groups excluding carboxylic acids is 1. The van der Waals surface area contributed by atoms with Crippen molar-refractivity contribution in [2.24, 2.45) is 0 Å². The number of H-pyrrole nitrogens is 1. The van der Waals surface area contributed by atoms with E-state index >= 15 is 0 Å². The number of rotatable bonds is 4. The molecule has 0 aliphatic carbocycles. The second kappa shape index (κ2) is 7.81. The number of nitrogens with one attached hydrogen (secondary N) is 2. The molecular formula is C19H13F3N2O3S. The summed E-state index contributed by atoms with van der Waals surface area (Å²) in [4.78, 5) is 27.4. The predicted octanol–water partition coefficient (Wildman–Crippen LogP) is 4.50. The molecule has 2 aromatic carbocycles. The van der Waals surface area contributed by atoms with E-state index in [0.717, 1.165) is 23.1 Å². The number of pyridine rings is 1. The lowest BCUT2D eigenvalue weighted by Gasteiger charge is -2.09. The highest BCUT2D eigenvalue weighted by molar-refractivity contribution is 7.99.